The molecule has 7 heteroatoms. The van der Waals surface area contributed by atoms with Crippen LogP contribution >= 0.6 is 0 Å². The summed E-state index contributed by atoms with van der Waals surface area (Å²) in [5.41, 5.74) is 3.46. The normalized spacial score (nSPS) is 19.9. The molecule has 2 N–H and O–H groups in total. The summed E-state index contributed by atoms with van der Waals surface area (Å²) in [6.45, 7) is 5.60. The molecule has 2 saturated heterocycles. The Labute approximate surface area is 187 Å². The van der Waals surface area contributed by atoms with Crippen LogP contribution in [-0.4, -0.2) is 36.3 Å². The van der Waals surface area contributed by atoms with Crippen molar-refractivity contribution in [2.45, 2.75) is 51.0 Å². The number of nitrogens with one attached hydrogen (secondary N) is 2. The quantitative estimate of drug-likeness (QED) is 0.746. The van der Waals surface area contributed by atoms with Gasteiger partial charge in [0.1, 0.15) is 0 Å². The summed E-state index contributed by atoms with van der Waals surface area (Å²) < 4.78 is 27.3. The number of anilines is 1. The van der Waals surface area contributed by atoms with Crippen LogP contribution in [-0.2, 0) is 22.1 Å². The van der Waals surface area contributed by atoms with E-state index < -0.39 is 11.8 Å². The van der Waals surface area contributed by atoms with E-state index in [1.54, 1.807) is 6.07 Å². The second-order valence-corrected chi connectivity index (χ2v) is 8.76. The lowest BCUT2D eigenvalue weighted by atomic mass is 9.88. The lowest BCUT2D eigenvalue weighted by Gasteiger charge is -2.23. The predicted octanol–water partition coefficient (Wildman–Crippen LogP) is 4.31. The number of carbonyl (C=O) groups excluding carboxylic acids is 2. The number of rotatable bonds is 3. The molecule has 3 aliphatic heterocycles. The first-order chi connectivity index (χ1) is 15.3. The third-order valence-corrected chi connectivity index (χ3v) is 6.39. The third-order valence-electron chi connectivity index (χ3n) is 6.39. The third kappa shape index (κ3) is 4.83. The average Bonchev–Trinajstić information content (AvgIpc) is 3.30. The summed E-state index contributed by atoms with van der Waals surface area (Å²) in [5, 5.41) is 5.46. The maximum Gasteiger partial charge on any atom is 0.352 e. The largest absolute Gasteiger partial charge is 0.352 e. The number of aryl methyl sites for hydroxylation is 1. The van der Waals surface area contributed by atoms with Crippen LogP contribution in [0.1, 0.15) is 53.9 Å². The topological polar surface area (TPSA) is 61.4 Å². The molecular weight excluding hydrogens is 412 g/mol. The Morgan fingerprint density at radius 3 is 2.44 bits per heavy atom. The predicted molar refractivity (Wildman–Crippen MR) is 120 cm³/mol. The van der Waals surface area contributed by atoms with Gasteiger partial charge in [0.05, 0.1) is 11.3 Å². The first kappa shape index (κ1) is 22.4. The molecule has 3 heterocycles. The molecule has 0 unspecified atom stereocenters. The van der Waals surface area contributed by atoms with Crippen molar-refractivity contribution in [1.82, 2.24) is 10.2 Å². The van der Waals surface area contributed by atoms with Gasteiger partial charge in [0.2, 0.25) is 5.91 Å². The molecule has 0 bridgehead atoms. The molecule has 0 spiro atoms. The number of nitrogens with zero attached hydrogens (tertiary/aromatic N) is 1. The van der Waals surface area contributed by atoms with E-state index in [0.717, 1.165) is 57.4 Å². The van der Waals surface area contributed by atoms with Crippen LogP contribution in [0.15, 0.2) is 42.5 Å². The van der Waals surface area contributed by atoms with E-state index in [1.807, 2.05) is 11.0 Å². The maximum absolute atomic E-state index is 13.7. The van der Waals surface area contributed by atoms with E-state index in [4.69, 9.17) is 0 Å². The number of amides is 2. The molecule has 2 aromatic rings. The Kier molecular flexibility index (Phi) is 6.55. The Morgan fingerprint density at radius 2 is 1.78 bits per heavy atom. The van der Waals surface area contributed by atoms with E-state index in [9.17, 15) is 18.4 Å². The van der Waals surface area contributed by atoms with Gasteiger partial charge >= 0.3 is 5.92 Å². The minimum atomic E-state index is -3.39. The second kappa shape index (κ2) is 9.36. The van der Waals surface area contributed by atoms with Crippen molar-refractivity contribution in [3.05, 3.63) is 64.7 Å². The van der Waals surface area contributed by atoms with Crippen LogP contribution in [0.3, 0.4) is 0 Å². The highest BCUT2D eigenvalue weighted by Gasteiger charge is 2.48. The van der Waals surface area contributed by atoms with E-state index in [2.05, 4.69) is 41.8 Å². The average molecular weight is 442 g/mol. The van der Waals surface area contributed by atoms with Crippen molar-refractivity contribution in [2.24, 2.45) is 0 Å². The number of alkyl halides is 2. The van der Waals surface area contributed by atoms with Crippen LogP contribution in [0.2, 0.25) is 0 Å². The van der Waals surface area contributed by atoms with Crippen molar-refractivity contribution < 1.29 is 18.4 Å². The fourth-order valence-electron chi connectivity index (χ4n) is 4.45. The Morgan fingerprint density at radius 1 is 1.06 bits per heavy atom. The molecule has 0 atom stereocenters. The fourth-order valence-corrected chi connectivity index (χ4v) is 4.45. The number of carbonyl (C=O) groups is 2. The first-order valence-electron chi connectivity index (χ1n) is 11.2. The summed E-state index contributed by atoms with van der Waals surface area (Å²) in [4.78, 5) is 24.5. The lowest BCUT2D eigenvalue weighted by Crippen LogP contribution is -2.27. The number of halogens is 2. The molecule has 170 valence electrons. The highest BCUT2D eigenvalue weighted by atomic mass is 19.3. The molecule has 2 amide bonds. The van der Waals surface area contributed by atoms with E-state index in [1.165, 1.54) is 17.2 Å². The second-order valence-electron chi connectivity index (χ2n) is 8.76. The highest BCUT2D eigenvalue weighted by Crippen LogP contribution is 2.42. The van der Waals surface area contributed by atoms with E-state index >= 15 is 0 Å². The number of hydrogen-bond acceptors (Lipinski definition) is 3. The van der Waals surface area contributed by atoms with Gasteiger partial charge in [-0.2, -0.15) is 8.78 Å². The monoisotopic (exact) mass is 441 g/mol. The van der Waals surface area contributed by atoms with Gasteiger partial charge in [-0.15, -0.1) is 0 Å². The molecule has 32 heavy (non-hydrogen) atoms. The molecule has 3 aliphatic rings. The maximum atomic E-state index is 13.7. The van der Waals surface area contributed by atoms with Crippen LogP contribution in [0.4, 0.5) is 14.5 Å². The first-order valence-corrected chi connectivity index (χ1v) is 11.2. The van der Waals surface area contributed by atoms with Crippen LogP contribution in [0, 0.1) is 6.92 Å². The van der Waals surface area contributed by atoms with Crippen molar-refractivity contribution in [2.75, 3.05) is 25.0 Å². The highest BCUT2D eigenvalue weighted by molar-refractivity contribution is 6.03. The zero-order chi connectivity index (χ0) is 22.7. The van der Waals surface area contributed by atoms with Crippen molar-refractivity contribution in [3.63, 3.8) is 0 Å². The van der Waals surface area contributed by atoms with E-state index in [-0.39, 0.29) is 11.3 Å². The SMILES string of the molecule is Cc1ccc(CN2CCCC2=O)cc1.O=C1Nc2ccc(C3CCNCC3)cc2C1(F)F. The molecule has 5 rings (SSSR count). The lowest BCUT2D eigenvalue weighted by molar-refractivity contribution is -0.139. The van der Waals surface area contributed by atoms with Gasteiger partial charge in [-0.25, -0.2) is 0 Å². The van der Waals surface area contributed by atoms with Crippen LogP contribution in [0.5, 0.6) is 0 Å². The Hall–Kier alpha value is -2.80. The number of piperidine rings is 1. The van der Waals surface area contributed by atoms with Gasteiger partial charge in [-0.3, -0.25) is 9.59 Å². The van der Waals surface area contributed by atoms with Crippen LogP contribution in [0.25, 0.3) is 0 Å². The molecule has 0 saturated carbocycles. The van der Waals surface area contributed by atoms with Gasteiger partial charge in [0.25, 0.3) is 5.91 Å². The molecular formula is C25H29F2N3O2. The standard InChI is InChI=1S/C13H14F2N2O.C12H15NO/c14-13(15)10-7-9(8-3-5-16-6-4-8)1-2-11(10)17-12(13)18;1-10-4-6-11(7-5-10)9-13-8-2-3-12(13)14/h1-2,7-8,16H,3-6H2,(H,17,18);4-7H,2-3,8-9H2,1H3. The summed E-state index contributed by atoms with van der Waals surface area (Å²) in [6, 6.07) is 13.3. The molecule has 2 fully saturated rings. The minimum Gasteiger partial charge on any atom is -0.338 e. The van der Waals surface area contributed by atoms with Gasteiger partial charge < -0.3 is 15.5 Å². The summed E-state index contributed by atoms with van der Waals surface area (Å²) >= 11 is 0. The molecule has 0 aromatic heterocycles. The Balaban J connectivity index is 0.000000158. The molecule has 0 aliphatic carbocycles. The number of benzene rings is 2. The summed E-state index contributed by atoms with van der Waals surface area (Å²) in [7, 11) is 0. The van der Waals surface area contributed by atoms with E-state index in [0.29, 0.717) is 11.8 Å². The minimum absolute atomic E-state index is 0.177. The molecule has 0 radical (unpaired) electrons. The number of fused-ring (bicyclic) bond motifs is 1. The smallest absolute Gasteiger partial charge is 0.338 e. The van der Waals surface area contributed by atoms with Crippen molar-refractivity contribution >= 4 is 17.5 Å². The molecule has 5 nitrogen and oxygen atoms in total. The summed E-state index contributed by atoms with van der Waals surface area (Å²) in [5.74, 6) is -4.01. The Bertz CT molecular complexity index is 985. The van der Waals surface area contributed by atoms with Crippen molar-refractivity contribution in [3.8, 4) is 0 Å². The molecule has 2 aromatic carbocycles. The number of hydrogen-bond donors (Lipinski definition) is 2. The zero-order valence-corrected chi connectivity index (χ0v) is 18.3. The zero-order valence-electron chi connectivity index (χ0n) is 18.3. The number of likely N-dealkylation sites (tertiary alicyclic amines) is 1. The van der Waals surface area contributed by atoms with Gasteiger partial charge in [-0.05, 0) is 68.5 Å². The van der Waals surface area contributed by atoms with Gasteiger partial charge in [0.15, 0.2) is 0 Å². The van der Waals surface area contributed by atoms with Gasteiger partial charge in [-0.1, -0.05) is 35.9 Å². The summed E-state index contributed by atoms with van der Waals surface area (Å²) in [6.07, 6.45) is 3.65. The van der Waals surface area contributed by atoms with Crippen molar-refractivity contribution in [1.29, 1.82) is 0 Å². The van der Waals surface area contributed by atoms with Crippen LogP contribution < -0.4 is 10.6 Å². The fraction of sp³-hybridized carbons (Fsp3) is 0.440. The van der Waals surface area contributed by atoms with Gasteiger partial charge in [0, 0.05) is 19.5 Å².